The Morgan fingerprint density at radius 2 is 1.67 bits per heavy atom. The number of carbonyl (C=O) groups is 1. The van der Waals surface area contributed by atoms with Crippen LogP contribution in [0.2, 0.25) is 0 Å². The summed E-state index contributed by atoms with van der Waals surface area (Å²) >= 11 is 0. The molecule has 3 N–H and O–H groups in total. The highest BCUT2D eigenvalue weighted by Gasteiger charge is 2.36. The summed E-state index contributed by atoms with van der Waals surface area (Å²) in [4.78, 5) is 12.6. The molecule has 1 atom stereocenters. The van der Waals surface area contributed by atoms with E-state index in [1.165, 1.54) is 0 Å². The number of amides is 2. The predicted octanol–water partition coefficient (Wildman–Crippen LogP) is 4.89. The van der Waals surface area contributed by atoms with Crippen LogP contribution >= 0.6 is 0 Å². The van der Waals surface area contributed by atoms with Gasteiger partial charge in [-0.1, -0.05) is 70.2 Å². The van der Waals surface area contributed by atoms with Gasteiger partial charge in [0.15, 0.2) is 0 Å². The van der Waals surface area contributed by atoms with Crippen molar-refractivity contribution < 1.29 is 9.90 Å². The molecular formula is C23H30N2O2. The number of urea groups is 1. The molecule has 0 radical (unpaired) electrons. The van der Waals surface area contributed by atoms with Gasteiger partial charge in [-0.3, -0.25) is 0 Å². The largest absolute Gasteiger partial charge is 0.383 e. The Balaban J connectivity index is 1.74. The van der Waals surface area contributed by atoms with Crippen LogP contribution in [0.4, 0.5) is 10.5 Å². The number of fused-ring (bicyclic) bond motifs is 1. The van der Waals surface area contributed by atoms with Crippen molar-refractivity contribution in [2.75, 3.05) is 11.9 Å². The van der Waals surface area contributed by atoms with Crippen molar-refractivity contribution in [3.63, 3.8) is 0 Å². The van der Waals surface area contributed by atoms with E-state index in [0.717, 1.165) is 34.4 Å². The average molecular weight is 367 g/mol. The topological polar surface area (TPSA) is 61.4 Å². The van der Waals surface area contributed by atoms with Gasteiger partial charge >= 0.3 is 6.03 Å². The van der Waals surface area contributed by atoms with Gasteiger partial charge in [-0.25, -0.2) is 4.79 Å². The molecule has 2 aromatic carbocycles. The molecule has 0 saturated carbocycles. The number of aryl methyl sites for hydroxylation is 1. The second-order valence-electron chi connectivity index (χ2n) is 8.12. The molecule has 0 heterocycles. The molecule has 144 valence electrons. The minimum Gasteiger partial charge on any atom is -0.383 e. The maximum absolute atomic E-state index is 12.6. The van der Waals surface area contributed by atoms with Crippen LogP contribution in [-0.4, -0.2) is 17.7 Å². The van der Waals surface area contributed by atoms with E-state index >= 15 is 0 Å². The minimum atomic E-state index is -0.994. The van der Waals surface area contributed by atoms with Gasteiger partial charge in [0.05, 0.1) is 6.54 Å². The van der Waals surface area contributed by atoms with Crippen molar-refractivity contribution in [3.8, 4) is 0 Å². The fourth-order valence-electron chi connectivity index (χ4n) is 3.93. The summed E-state index contributed by atoms with van der Waals surface area (Å²) < 4.78 is 0. The number of aliphatic hydroxyl groups is 1. The zero-order valence-corrected chi connectivity index (χ0v) is 16.7. The Hall–Kier alpha value is -2.33. The first-order valence-corrected chi connectivity index (χ1v) is 9.80. The third kappa shape index (κ3) is 4.01. The number of hydrogen-bond acceptors (Lipinski definition) is 2. The number of rotatable bonds is 5. The van der Waals surface area contributed by atoms with Crippen molar-refractivity contribution in [1.82, 2.24) is 5.32 Å². The van der Waals surface area contributed by atoms with Crippen LogP contribution in [-0.2, 0) is 12.0 Å². The average Bonchev–Trinajstić information content (AvgIpc) is 2.98. The predicted molar refractivity (Wildman–Crippen MR) is 110 cm³/mol. The molecule has 0 aliphatic heterocycles. The minimum absolute atomic E-state index is 0.205. The smallest absolute Gasteiger partial charge is 0.319 e. The zero-order chi connectivity index (χ0) is 19.6. The maximum Gasteiger partial charge on any atom is 0.319 e. The van der Waals surface area contributed by atoms with Gasteiger partial charge < -0.3 is 15.7 Å². The normalized spacial score (nSPS) is 18.6. The monoisotopic (exact) mass is 366 g/mol. The number of carbonyl (C=O) groups excluding carboxylic acids is 1. The molecule has 1 aliphatic rings. The highest BCUT2D eigenvalue weighted by Crippen LogP contribution is 2.36. The fraction of sp³-hybridized carbons (Fsp3) is 0.435. The fourth-order valence-corrected chi connectivity index (χ4v) is 3.93. The van der Waals surface area contributed by atoms with E-state index in [1.807, 2.05) is 30.3 Å². The molecule has 0 saturated heterocycles. The van der Waals surface area contributed by atoms with Crippen molar-refractivity contribution in [1.29, 1.82) is 0 Å². The lowest BCUT2D eigenvalue weighted by molar-refractivity contribution is 0.0417. The maximum atomic E-state index is 12.6. The van der Waals surface area contributed by atoms with E-state index in [0.29, 0.717) is 18.3 Å². The lowest BCUT2D eigenvalue weighted by Gasteiger charge is -2.25. The first-order chi connectivity index (χ1) is 12.8. The molecule has 1 unspecified atom stereocenters. The third-order valence-electron chi connectivity index (χ3n) is 5.48. The van der Waals surface area contributed by atoms with E-state index in [2.05, 4.69) is 50.5 Å². The Bertz CT molecular complexity index is 803. The highest BCUT2D eigenvalue weighted by atomic mass is 16.3. The number of benzene rings is 2. The summed E-state index contributed by atoms with van der Waals surface area (Å²) in [7, 11) is 0. The molecule has 0 fully saturated rings. The van der Waals surface area contributed by atoms with E-state index in [1.54, 1.807) is 0 Å². The summed E-state index contributed by atoms with van der Waals surface area (Å²) in [5.74, 6) is 0.620. The van der Waals surface area contributed by atoms with Crippen LogP contribution in [0.3, 0.4) is 0 Å². The Morgan fingerprint density at radius 3 is 2.30 bits per heavy atom. The van der Waals surface area contributed by atoms with Crippen LogP contribution in [0, 0.1) is 0 Å². The second-order valence-corrected chi connectivity index (χ2v) is 8.12. The van der Waals surface area contributed by atoms with Crippen LogP contribution in [0.15, 0.2) is 42.5 Å². The molecule has 4 nitrogen and oxygen atoms in total. The number of nitrogens with one attached hydrogen (secondary N) is 2. The first-order valence-electron chi connectivity index (χ1n) is 9.80. The summed E-state index contributed by atoms with van der Waals surface area (Å²) in [6, 6.07) is 13.8. The number of anilines is 1. The second kappa shape index (κ2) is 7.73. The molecule has 2 amide bonds. The molecule has 0 spiro atoms. The van der Waals surface area contributed by atoms with Crippen molar-refractivity contribution in [3.05, 3.63) is 64.7 Å². The number of hydrogen-bond donors (Lipinski definition) is 3. The van der Waals surface area contributed by atoms with E-state index in [4.69, 9.17) is 0 Å². The van der Waals surface area contributed by atoms with Gasteiger partial charge in [0, 0.05) is 5.69 Å². The quantitative estimate of drug-likeness (QED) is 0.705. The van der Waals surface area contributed by atoms with Crippen molar-refractivity contribution >= 4 is 11.7 Å². The summed E-state index contributed by atoms with van der Waals surface area (Å²) in [6.45, 7) is 8.71. The Morgan fingerprint density at radius 1 is 1.04 bits per heavy atom. The molecule has 27 heavy (non-hydrogen) atoms. The molecule has 0 aromatic heterocycles. The standard InChI is InChI=1S/C23H30N2O2/c1-15(2)18-9-7-10-19(16(3)4)21(18)25-22(26)24-14-23(27)13-12-17-8-5-6-11-20(17)23/h5-11,15-16,27H,12-14H2,1-4H3,(H2,24,25,26). The van der Waals surface area contributed by atoms with Gasteiger partial charge in [-0.2, -0.15) is 0 Å². The Kier molecular flexibility index (Phi) is 5.56. The molecule has 4 heteroatoms. The third-order valence-corrected chi connectivity index (χ3v) is 5.48. The van der Waals surface area contributed by atoms with Gasteiger partial charge in [-0.05, 0) is 46.9 Å². The zero-order valence-electron chi connectivity index (χ0n) is 16.7. The van der Waals surface area contributed by atoms with Gasteiger partial charge in [0.1, 0.15) is 5.60 Å². The summed E-state index contributed by atoms with van der Waals surface area (Å²) in [5.41, 5.74) is 4.23. The van der Waals surface area contributed by atoms with Crippen molar-refractivity contribution in [2.24, 2.45) is 0 Å². The van der Waals surface area contributed by atoms with Crippen LogP contribution in [0.1, 0.15) is 68.2 Å². The Labute approximate surface area is 162 Å². The van der Waals surface area contributed by atoms with Crippen molar-refractivity contribution in [2.45, 2.75) is 58.0 Å². The molecular weight excluding hydrogens is 336 g/mol. The first kappa shape index (κ1) is 19.4. The summed E-state index contributed by atoms with van der Waals surface area (Å²) in [5, 5.41) is 16.9. The van der Waals surface area contributed by atoms with E-state index in [9.17, 15) is 9.90 Å². The number of para-hydroxylation sites is 1. The lowest BCUT2D eigenvalue weighted by Crippen LogP contribution is -2.41. The van der Waals surface area contributed by atoms with Gasteiger partial charge in [0.2, 0.25) is 0 Å². The van der Waals surface area contributed by atoms with Crippen LogP contribution < -0.4 is 10.6 Å². The van der Waals surface area contributed by atoms with Crippen LogP contribution in [0.5, 0.6) is 0 Å². The van der Waals surface area contributed by atoms with Gasteiger partial charge in [0.25, 0.3) is 0 Å². The SMILES string of the molecule is CC(C)c1cccc(C(C)C)c1NC(=O)NCC1(O)CCc2ccccc21. The summed E-state index contributed by atoms with van der Waals surface area (Å²) in [6.07, 6.45) is 1.47. The van der Waals surface area contributed by atoms with E-state index < -0.39 is 5.60 Å². The molecule has 2 aromatic rings. The highest BCUT2D eigenvalue weighted by molar-refractivity contribution is 5.91. The molecule has 0 bridgehead atoms. The van der Waals surface area contributed by atoms with Gasteiger partial charge in [-0.15, -0.1) is 0 Å². The molecule has 1 aliphatic carbocycles. The van der Waals surface area contributed by atoms with Crippen LogP contribution in [0.25, 0.3) is 0 Å². The van der Waals surface area contributed by atoms with E-state index in [-0.39, 0.29) is 12.6 Å². The molecule has 3 rings (SSSR count). The lowest BCUT2D eigenvalue weighted by atomic mass is 9.92.